The Labute approximate surface area is 183 Å². The van der Waals surface area contributed by atoms with Gasteiger partial charge in [-0.05, 0) is 95.7 Å². The number of aromatic nitrogens is 2. The van der Waals surface area contributed by atoms with Crippen molar-refractivity contribution in [3.63, 3.8) is 0 Å². The second-order valence-electron chi connectivity index (χ2n) is 10.9. The minimum absolute atomic E-state index is 0.596. The van der Waals surface area contributed by atoms with Gasteiger partial charge in [-0.15, -0.1) is 0 Å². The third kappa shape index (κ3) is 4.12. The summed E-state index contributed by atoms with van der Waals surface area (Å²) in [6.45, 7) is 11.9. The van der Waals surface area contributed by atoms with E-state index in [1.165, 1.54) is 70.0 Å². The molecule has 30 heavy (non-hydrogen) atoms. The first-order valence-electron chi connectivity index (χ1n) is 12.7. The Hall–Kier alpha value is -1.20. The molecule has 1 aromatic heterocycles. The van der Waals surface area contributed by atoms with Gasteiger partial charge in [0.05, 0.1) is 0 Å². The fourth-order valence-corrected chi connectivity index (χ4v) is 6.56. The van der Waals surface area contributed by atoms with Crippen LogP contribution in [0.3, 0.4) is 0 Å². The second kappa shape index (κ2) is 8.74. The van der Waals surface area contributed by atoms with E-state index in [-0.39, 0.29) is 0 Å². The minimum atomic E-state index is 0.596. The van der Waals surface area contributed by atoms with Gasteiger partial charge in [0.25, 0.3) is 0 Å². The summed E-state index contributed by atoms with van der Waals surface area (Å²) in [6, 6.07) is 2.68. The monoisotopic (exact) mass is 411 g/mol. The molecule has 2 bridgehead atoms. The molecule has 3 aliphatic heterocycles. The van der Waals surface area contributed by atoms with E-state index in [1.807, 2.05) is 0 Å². The molecular weight excluding hydrogens is 370 g/mol. The van der Waals surface area contributed by atoms with Crippen LogP contribution >= 0.6 is 0 Å². The highest BCUT2D eigenvalue weighted by molar-refractivity contribution is 5.38. The first-order chi connectivity index (χ1) is 14.6. The zero-order valence-corrected chi connectivity index (χ0v) is 19.3. The zero-order chi connectivity index (χ0) is 20.7. The highest BCUT2D eigenvalue weighted by atomic mass is 15.4. The third-order valence-electron chi connectivity index (χ3n) is 8.63. The molecule has 0 N–H and O–H groups in total. The Morgan fingerprint density at radius 1 is 0.800 bits per heavy atom. The Bertz CT molecular complexity index is 674. The van der Waals surface area contributed by atoms with Gasteiger partial charge >= 0.3 is 0 Å². The van der Waals surface area contributed by atoms with Crippen molar-refractivity contribution in [3.8, 4) is 0 Å². The van der Waals surface area contributed by atoms with Crippen molar-refractivity contribution in [2.24, 2.45) is 5.92 Å². The van der Waals surface area contributed by atoms with Gasteiger partial charge in [-0.3, -0.25) is 4.90 Å². The van der Waals surface area contributed by atoms with Crippen molar-refractivity contribution in [3.05, 3.63) is 18.0 Å². The standard InChI is InChI=1S/C25H41N5/c1-18(2)29-16-23-8-9-24(17-29)30(23)25-26-14-21(15-27-25)20-10-12-28(13-11-20)22-6-4-19(3)5-7-22/h14-15,18-20,22-24H,4-13,16-17H2,1-3H3. The van der Waals surface area contributed by atoms with Crippen molar-refractivity contribution >= 4 is 5.95 Å². The molecule has 5 nitrogen and oxygen atoms in total. The van der Waals surface area contributed by atoms with Crippen LogP contribution in [0, 0.1) is 5.92 Å². The average Bonchev–Trinajstić information content (AvgIpc) is 3.03. The summed E-state index contributed by atoms with van der Waals surface area (Å²) < 4.78 is 0. The van der Waals surface area contributed by atoms with Gasteiger partial charge in [0.2, 0.25) is 5.95 Å². The first kappa shape index (κ1) is 20.7. The van der Waals surface area contributed by atoms with Crippen LogP contribution in [0.15, 0.2) is 12.4 Å². The second-order valence-corrected chi connectivity index (χ2v) is 10.9. The number of nitrogens with zero attached hydrogens (tertiary/aromatic N) is 5. The molecule has 1 aliphatic carbocycles. The molecule has 5 rings (SSSR count). The quantitative estimate of drug-likeness (QED) is 0.738. The Kier molecular flexibility index (Phi) is 6.03. The van der Waals surface area contributed by atoms with Crippen LogP contribution in [0.1, 0.15) is 83.6 Å². The summed E-state index contributed by atoms with van der Waals surface area (Å²) in [5.74, 6) is 2.56. The van der Waals surface area contributed by atoms with Crippen LogP contribution in [0.5, 0.6) is 0 Å². The largest absolute Gasteiger partial charge is 0.332 e. The summed E-state index contributed by atoms with van der Waals surface area (Å²) in [5, 5.41) is 0. The fraction of sp³-hybridized carbons (Fsp3) is 0.840. The van der Waals surface area contributed by atoms with Crippen LogP contribution in [0.4, 0.5) is 5.95 Å². The molecule has 166 valence electrons. The molecule has 5 heteroatoms. The van der Waals surface area contributed by atoms with Crippen LogP contribution in [-0.2, 0) is 0 Å². The van der Waals surface area contributed by atoms with Crippen LogP contribution in [0.25, 0.3) is 0 Å². The topological polar surface area (TPSA) is 35.5 Å². The molecule has 1 aromatic rings. The molecule has 0 spiro atoms. The number of piperidine rings is 1. The van der Waals surface area contributed by atoms with Gasteiger partial charge in [0.1, 0.15) is 0 Å². The van der Waals surface area contributed by atoms with Crippen molar-refractivity contribution in [1.29, 1.82) is 0 Å². The Balaban J connectivity index is 1.18. The van der Waals surface area contributed by atoms with Crippen molar-refractivity contribution in [2.45, 2.75) is 102 Å². The molecule has 4 fully saturated rings. The number of likely N-dealkylation sites (tertiary alicyclic amines) is 2. The molecule has 2 atom stereocenters. The Morgan fingerprint density at radius 3 is 1.93 bits per heavy atom. The van der Waals surface area contributed by atoms with E-state index in [0.717, 1.165) is 31.0 Å². The molecule has 4 aliphatic rings. The Morgan fingerprint density at radius 2 is 1.37 bits per heavy atom. The van der Waals surface area contributed by atoms with E-state index in [4.69, 9.17) is 9.97 Å². The summed E-state index contributed by atoms with van der Waals surface area (Å²) in [7, 11) is 0. The van der Waals surface area contributed by atoms with Crippen molar-refractivity contribution in [1.82, 2.24) is 19.8 Å². The lowest BCUT2D eigenvalue weighted by Crippen LogP contribution is -2.56. The summed E-state index contributed by atoms with van der Waals surface area (Å²) in [4.78, 5) is 17.7. The number of anilines is 1. The highest BCUT2D eigenvalue weighted by Crippen LogP contribution is 2.36. The summed E-state index contributed by atoms with van der Waals surface area (Å²) in [6.07, 6.45) is 15.1. The van der Waals surface area contributed by atoms with Crippen LogP contribution in [-0.4, -0.2) is 70.1 Å². The van der Waals surface area contributed by atoms with Crippen LogP contribution < -0.4 is 4.90 Å². The lowest BCUT2D eigenvalue weighted by atomic mass is 9.84. The van der Waals surface area contributed by atoms with E-state index >= 15 is 0 Å². The maximum absolute atomic E-state index is 4.89. The molecule has 1 saturated carbocycles. The van der Waals surface area contributed by atoms with Crippen LogP contribution in [0.2, 0.25) is 0 Å². The maximum Gasteiger partial charge on any atom is 0.225 e. The number of piperazine rings is 1. The van der Waals surface area contributed by atoms with E-state index in [0.29, 0.717) is 24.0 Å². The molecule has 0 amide bonds. The van der Waals surface area contributed by atoms with Gasteiger partial charge in [0.15, 0.2) is 0 Å². The third-order valence-corrected chi connectivity index (χ3v) is 8.63. The molecule has 3 saturated heterocycles. The zero-order valence-electron chi connectivity index (χ0n) is 19.3. The normalized spacial score (nSPS) is 34.1. The predicted octanol–water partition coefficient (Wildman–Crippen LogP) is 4.30. The predicted molar refractivity (Wildman–Crippen MR) is 123 cm³/mol. The van der Waals surface area contributed by atoms with Gasteiger partial charge < -0.3 is 9.80 Å². The number of hydrogen-bond donors (Lipinski definition) is 0. The average molecular weight is 412 g/mol. The van der Waals surface area contributed by atoms with Gasteiger partial charge in [-0.2, -0.15) is 0 Å². The fourth-order valence-electron chi connectivity index (χ4n) is 6.56. The van der Waals surface area contributed by atoms with Crippen molar-refractivity contribution in [2.75, 3.05) is 31.1 Å². The highest BCUT2D eigenvalue weighted by Gasteiger charge is 2.41. The smallest absolute Gasteiger partial charge is 0.225 e. The molecule has 2 unspecified atom stereocenters. The van der Waals surface area contributed by atoms with Gasteiger partial charge in [0, 0.05) is 49.7 Å². The summed E-state index contributed by atoms with van der Waals surface area (Å²) in [5.41, 5.74) is 1.36. The maximum atomic E-state index is 4.89. The SMILES string of the molecule is CC1CCC(N2CCC(c3cnc(N4C5CCC4CN(C(C)C)C5)nc3)CC2)CC1. The first-order valence-corrected chi connectivity index (χ1v) is 12.7. The lowest BCUT2D eigenvalue weighted by molar-refractivity contribution is 0.110. The minimum Gasteiger partial charge on any atom is -0.332 e. The number of fused-ring (bicyclic) bond motifs is 2. The van der Waals surface area contributed by atoms with Gasteiger partial charge in [-0.1, -0.05) is 6.92 Å². The number of hydrogen-bond acceptors (Lipinski definition) is 5. The number of rotatable bonds is 4. The van der Waals surface area contributed by atoms with E-state index < -0.39 is 0 Å². The van der Waals surface area contributed by atoms with E-state index in [9.17, 15) is 0 Å². The molecule has 0 aromatic carbocycles. The van der Waals surface area contributed by atoms with Gasteiger partial charge in [-0.25, -0.2) is 9.97 Å². The van der Waals surface area contributed by atoms with Crippen molar-refractivity contribution < 1.29 is 0 Å². The van der Waals surface area contributed by atoms with E-state index in [2.05, 4.69) is 47.9 Å². The lowest BCUT2D eigenvalue weighted by Gasteiger charge is -2.43. The molecule has 4 heterocycles. The summed E-state index contributed by atoms with van der Waals surface area (Å²) >= 11 is 0. The van der Waals surface area contributed by atoms with E-state index in [1.54, 1.807) is 0 Å². The molecular formula is C25H41N5. The molecule has 0 radical (unpaired) electrons.